The molecule has 1 aliphatic carbocycles. The number of benzene rings is 1. The quantitative estimate of drug-likeness (QED) is 0.756. The van der Waals surface area contributed by atoms with Crippen molar-refractivity contribution in [2.75, 3.05) is 19.8 Å². The predicted molar refractivity (Wildman–Crippen MR) is 85.0 cm³/mol. The Bertz CT molecular complexity index is 414. The van der Waals surface area contributed by atoms with E-state index in [2.05, 4.69) is 50.4 Å². The maximum atomic E-state index is 5.55. The average Bonchev–Trinajstić information content (AvgIpc) is 2.44. The van der Waals surface area contributed by atoms with E-state index in [1.165, 1.54) is 24.0 Å². The fraction of sp³-hybridized carbons (Fsp3) is 0.667. The molecular formula is C18H29NO. The lowest BCUT2D eigenvalue weighted by Gasteiger charge is -2.40. The SMILES string of the molecule is CCCOCCCNC1c2ccccc2CCC1(C)C. The van der Waals surface area contributed by atoms with Crippen molar-refractivity contribution in [1.29, 1.82) is 0 Å². The van der Waals surface area contributed by atoms with Crippen LogP contribution in [0.15, 0.2) is 24.3 Å². The minimum atomic E-state index is 0.332. The molecule has 1 unspecified atom stereocenters. The fourth-order valence-electron chi connectivity index (χ4n) is 3.12. The summed E-state index contributed by atoms with van der Waals surface area (Å²) in [5.74, 6) is 0. The van der Waals surface area contributed by atoms with Crippen LogP contribution in [0.2, 0.25) is 0 Å². The molecule has 0 aliphatic heterocycles. The number of nitrogens with one attached hydrogen (secondary N) is 1. The van der Waals surface area contributed by atoms with E-state index in [4.69, 9.17) is 4.74 Å². The molecule has 0 saturated carbocycles. The number of fused-ring (bicyclic) bond motifs is 1. The molecule has 0 amide bonds. The Morgan fingerprint density at radius 3 is 2.85 bits per heavy atom. The van der Waals surface area contributed by atoms with Crippen LogP contribution in [0.25, 0.3) is 0 Å². The highest BCUT2D eigenvalue weighted by atomic mass is 16.5. The van der Waals surface area contributed by atoms with Gasteiger partial charge in [-0.3, -0.25) is 0 Å². The van der Waals surface area contributed by atoms with E-state index in [9.17, 15) is 0 Å². The van der Waals surface area contributed by atoms with Crippen LogP contribution in [0.5, 0.6) is 0 Å². The summed E-state index contributed by atoms with van der Waals surface area (Å²) in [7, 11) is 0. The molecule has 1 aliphatic rings. The minimum absolute atomic E-state index is 0.332. The minimum Gasteiger partial charge on any atom is -0.381 e. The normalized spacial score (nSPS) is 20.6. The molecule has 1 N–H and O–H groups in total. The number of ether oxygens (including phenoxy) is 1. The highest BCUT2D eigenvalue weighted by Gasteiger charge is 2.34. The monoisotopic (exact) mass is 275 g/mol. The summed E-state index contributed by atoms with van der Waals surface area (Å²) < 4.78 is 5.55. The largest absolute Gasteiger partial charge is 0.381 e. The Morgan fingerprint density at radius 1 is 1.25 bits per heavy atom. The molecule has 0 saturated heterocycles. The first-order valence-electron chi connectivity index (χ1n) is 8.04. The summed E-state index contributed by atoms with van der Waals surface area (Å²) in [6, 6.07) is 9.37. The summed E-state index contributed by atoms with van der Waals surface area (Å²) in [6.45, 7) is 9.71. The van der Waals surface area contributed by atoms with Gasteiger partial charge < -0.3 is 10.1 Å². The van der Waals surface area contributed by atoms with E-state index in [0.29, 0.717) is 11.5 Å². The fourth-order valence-corrected chi connectivity index (χ4v) is 3.12. The molecule has 112 valence electrons. The van der Waals surface area contributed by atoms with E-state index in [1.54, 1.807) is 0 Å². The van der Waals surface area contributed by atoms with Crippen LogP contribution < -0.4 is 5.32 Å². The second-order valence-corrected chi connectivity index (χ2v) is 6.54. The van der Waals surface area contributed by atoms with E-state index in [0.717, 1.165) is 32.6 Å². The number of aryl methyl sites for hydroxylation is 1. The van der Waals surface area contributed by atoms with Gasteiger partial charge in [0.25, 0.3) is 0 Å². The second kappa shape index (κ2) is 7.24. The van der Waals surface area contributed by atoms with Gasteiger partial charge in [-0.2, -0.15) is 0 Å². The molecule has 0 heterocycles. The Morgan fingerprint density at radius 2 is 2.05 bits per heavy atom. The molecule has 2 nitrogen and oxygen atoms in total. The van der Waals surface area contributed by atoms with Gasteiger partial charge in [-0.05, 0) is 48.8 Å². The van der Waals surface area contributed by atoms with Gasteiger partial charge in [0.1, 0.15) is 0 Å². The summed E-state index contributed by atoms with van der Waals surface area (Å²) in [4.78, 5) is 0. The summed E-state index contributed by atoms with van der Waals surface area (Å²) >= 11 is 0. The van der Waals surface area contributed by atoms with Crippen LogP contribution in [0.4, 0.5) is 0 Å². The van der Waals surface area contributed by atoms with Crippen molar-refractivity contribution in [2.45, 2.75) is 52.5 Å². The molecule has 2 heteroatoms. The van der Waals surface area contributed by atoms with Crippen LogP contribution in [-0.2, 0) is 11.2 Å². The highest BCUT2D eigenvalue weighted by molar-refractivity contribution is 5.34. The van der Waals surface area contributed by atoms with Gasteiger partial charge in [0.15, 0.2) is 0 Å². The van der Waals surface area contributed by atoms with E-state index in [1.807, 2.05) is 0 Å². The number of hydrogen-bond donors (Lipinski definition) is 1. The van der Waals surface area contributed by atoms with Gasteiger partial charge in [0, 0.05) is 19.3 Å². The predicted octanol–water partition coefficient (Wildman–Crippen LogP) is 4.11. The summed E-state index contributed by atoms with van der Waals surface area (Å²) in [5, 5.41) is 3.76. The van der Waals surface area contributed by atoms with Crippen LogP contribution >= 0.6 is 0 Å². The smallest absolute Gasteiger partial charge is 0.0478 e. The van der Waals surface area contributed by atoms with Crippen molar-refractivity contribution < 1.29 is 4.74 Å². The topological polar surface area (TPSA) is 21.3 Å². The molecule has 20 heavy (non-hydrogen) atoms. The van der Waals surface area contributed by atoms with Gasteiger partial charge in [-0.25, -0.2) is 0 Å². The first-order chi connectivity index (χ1) is 9.65. The van der Waals surface area contributed by atoms with Gasteiger partial charge >= 0.3 is 0 Å². The third-order valence-electron chi connectivity index (χ3n) is 4.35. The molecule has 0 spiro atoms. The molecule has 0 bridgehead atoms. The zero-order chi connectivity index (χ0) is 14.4. The molecule has 1 aromatic carbocycles. The Kier molecular flexibility index (Phi) is 5.62. The van der Waals surface area contributed by atoms with Gasteiger partial charge in [-0.15, -0.1) is 0 Å². The zero-order valence-electron chi connectivity index (χ0n) is 13.2. The average molecular weight is 275 g/mol. The Balaban J connectivity index is 1.91. The van der Waals surface area contributed by atoms with E-state index < -0.39 is 0 Å². The lowest BCUT2D eigenvalue weighted by molar-refractivity contribution is 0.128. The molecule has 0 fully saturated rings. The van der Waals surface area contributed by atoms with Gasteiger partial charge in [0.05, 0.1) is 0 Å². The number of rotatable bonds is 7. The van der Waals surface area contributed by atoms with Gasteiger partial charge in [-0.1, -0.05) is 45.0 Å². The van der Waals surface area contributed by atoms with Crippen molar-refractivity contribution in [3.8, 4) is 0 Å². The molecule has 0 aromatic heterocycles. The van der Waals surface area contributed by atoms with E-state index >= 15 is 0 Å². The van der Waals surface area contributed by atoms with Crippen molar-refractivity contribution in [3.63, 3.8) is 0 Å². The van der Waals surface area contributed by atoms with Crippen LogP contribution in [0, 0.1) is 5.41 Å². The molecule has 1 aromatic rings. The van der Waals surface area contributed by atoms with Crippen LogP contribution in [0.1, 0.15) is 57.2 Å². The first-order valence-corrected chi connectivity index (χ1v) is 8.04. The lowest BCUT2D eigenvalue weighted by atomic mass is 9.70. The molecule has 0 radical (unpaired) electrons. The van der Waals surface area contributed by atoms with Crippen molar-refractivity contribution in [1.82, 2.24) is 5.32 Å². The first kappa shape index (κ1) is 15.5. The maximum Gasteiger partial charge on any atom is 0.0478 e. The van der Waals surface area contributed by atoms with Crippen LogP contribution in [-0.4, -0.2) is 19.8 Å². The zero-order valence-corrected chi connectivity index (χ0v) is 13.2. The molecule has 2 rings (SSSR count). The maximum absolute atomic E-state index is 5.55. The molecule has 1 atom stereocenters. The summed E-state index contributed by atoms with van der Waals surface area (Å²) in [6.07, 6.45) is 4.67. The van der Waals surface area contributed by atoms with Crippen molar-refractivity contribution in [3.05, 3.63) is 35.4 Å². The van der Waals surface area contributed by atoms with Crippen molar-refractivity contribution in [2.24, 2.45) is 5.41 Å². The lowest BCUT2D eigenvalue weighted by Crippen LogP contribution is -2.38. The highest BCUT2D eigenvalue weighted by Crippen LogP contribution is 2.43. The molecular weight excluding hydrogens is 246 g/mol. The standard InChI is InChI=1S/C18H29NO/c1-4-13-20-14-7-12-19-17-16-9-6-5-8-15(16)10-11-18(17,2)3/h5-6,8-9,17,19H,4,7,10-14H2,1-3H3. The summed E-state index contributed by atoms with van der Waals surface area (Å²) in [5.41, 5.74) is 3.35. The third kappa shape index (κ3) is 3.83. The van der Waals surface area contributed by atoms with Gasteiger partial charge in [0.2, 0.25) is 0 Å². The second-order valence-electron chi connectivity index (χ2n) is 6.54. The Labute approximate surface area is 123 Å². The number of hydrogen-bond acceptors (Lipinski definition) is 2. The third-order valence-corrected chi connectivity index (χ3v) is 4.35. The Hall–Kier alpha value is -0.860. The van der Waals surface area contributed by atoms with Crippen LogP contribution in [0.3, 0.4) is 0 Å². The van der Waals surface area contributed by atoms with E-state index in [-0.39, 0.29) is 0 Å². The van der Waals surface area contributed by atoms with Crippen molar-refractivity contribution >= 4 is 0 Å².